The van der Waals surface area contributed by atoms with Crippen molar-refractivity contribution in [1.82, 2.24) is 4.90 Å². The lowest BCUT2D eigenvalue weighted by Gasteiger charge is -2.38. The summed E-state index contributed by atoms with van der Waals surface area (Å²) in [5, 5.41) is 2.75. The summed E-state index contributed by atoms with van der Waals surface area (Å²) in [5.74, 6) is -0.419. The maximum atomic E-state index is 13.2. The fourth-order valence-electron chi connectivity index (χ4n) is 3.79. The number of nitrogens with zero attached hydrogens (tertiary/aromatic N) is 1. The van der Waals surface area contributed by atoms with Crippen LogP contribution in [0.1, 0.15) is 28.3 Å². The third-order valence-electron chi connectivity index (χ3n) is 5.27. The molecular weight excluding hydrogens is 476 g/mol. The molecule has 2 amide bonds. The van der Waals surface area contributed by atoms with Crippen LogP contribution in [0.4, 0.5) is 28.0 Å². The zero-order valence-electron chi connectivity index (χ0n) is 16.1. The summed E-state index contributed by atoms with van der Waals surface area (Å²) in [6, 6.07) is 14.9. The minimum absolute atomic E-state index is 0.369. The lowest BCUT2D eigenvalue weighted by atomic mass is 9.88. The molecular formula is C23H17BrF4N2O. The van der Waals surface area contributed by atoms with Crippen LogP contribution >= 0.6 is 15.9 Å². The third-order valence-corrected chi connectivity index (χ3v) is 6.02. The van der Waals surface area contributed by atoms with E-state index in [4.69, 9.17) is 0 Å². The van der Waals surface area contributed by atoms with Crippen LogP contribution in [0, 0.1) is 5.82 Å². The maximum absolute atomic E-state index is 13.2. The molecule has 0 spiro atoms. The Morgan fingerprint density at radius 2 is 1.68 bits per heavy atom. The Morgan fingerprint density at radius 1 is 1.00 bits per heavy atom. The Labute approximate surface area is 184 Å². The normalized spacial score (nSPS) is 16.0. The smallest absolute Gasteiger partial charge is 0.313 e. The number of benzene rings is 3. The summed E-state index contributed by atoms with van der Waals surface area (Å²) in [7, 11) is 0. The van der Waals surface area contributed by atoms with Gasteiger partial charge in [0.15, 0.2) is 0 Å². The molecule has 3 aromatic rings. The van der Waals surface area contributed by atoms with E-state index in [-0.39, 0.29) is 0 Å². The number of halogens is 5. The van der Waals surface area contributed by atoms with Crippen molar-refractivity contribution in [3.8, 4) is 0 Å². The number of urea groups is 1. The summed E-state index contributed by atoms with van der Waals surface area (Å²) in [4.78, 5) is 14.7. The SMILES string of the molecule is O=C(Nc1ccc(F)cc1)N1CCc2c(Br)cccc2C1c1ccc(C(F)(F)F)cc1. The lowest BCUT2D eigenvalue weighted by Crippen LogP contribution is -2.43. The molecule has 1 aliphatic heterocycles. The van der Waals surface area contributed by atoms with Crippen LogP contribution in [0.15, 0.2) is 71.2 Å². The van der Waals surface area contributed by atoms with Crippen LogP contribution in [0.3, 0.4) is 0 Å². The maximum Gasteiger partial charge on any atom is 0.416 e. The molecule has 1 atom stereocenters. The Hall–Kier alpha value is -2.87. The van der Waals surface area contributed by atoms with E-state index in [2.05, 4.69) is 21.2 Å². The number of anilines is 1. The van der Waals surface area contributed by atoms with Gasteiger partial charge in [-0.3, -0.25) is 0 Å². The summed E-state index contributed by atoms with van der Waals surface area (Å²) >= 11 is 3.53. The minimum atomic E-state index is -4.44. The first-order valence-electron chi connectivity index (χ1n) is 9.51. The molecule has 1 unspecified atom stereocenters. The summed E-state index contributed by atoms with van der Waals surface area (Å²) in [6.45, 7) is 0.369. The van der Waals surface area contributed by atoms with Gasteiger partial charge in [0.1, 0.15) is 5.82 Å². The third kappa shape index (κ3) is 4.44. The van der Waals surface area contributed by atoms with Gasteiger partial charge >= 0.3 is 12.2 Å². The second-order valence-corrected chi connectivity index (χ2v) is 8.06. The predicted octanol–water partition coefficient (Wildman–Crippen LogP) is 6.79. The van der Waals surface area contributed by atoms with Crippen molar-refractivity contribution in [1.29, 1.82) is 0 Å². The van der Waals surface area contributed by atoms with Crippen molar-refractivity contribution in [3.05, 3.63) is 99.3 Å². The molecule has 160 valence electrons. The van der Waals surface area contributed by atoms with Gasteiger partial charge in [-0.15, -0.1) is 0 Å². The molecule has 0 fully saturated rings. The number of carbonyl (C=O) groups is 1. The number of fused-ring (bicyclic) bond motifs is 1. The fourth-order valence-corrected chi connectivity index (χ4v) is 4.37. The Balaban J connectivity index is 1.72. The van der Waals surface area contributed by atoms with Crippen molar-refractivity contribution in [3.63, 3.8) is 0 Å². The van der Waals surface area contributed by atoms with Crippen molar-refractivity contribution in [2.24, 2.45) is 0 Å². The first-order chi connectivity index (χ1) is 14.7. The second-order valence-electron chi connectivity index (χ2n) is 7.21. The van der Waals surface area contributed by atoms with Gasteiger partial charge in [0.05, 0.1) is 11.6 Å². The van der Waals surface area contributed by atoms with Gasteiger partial charge in [-0.1, -0.05) is 40.2 Å². The topological polar surface area (TPSA) is 32.3 Å². The molecule has 0 saturated heterocycles. The molecule has 1 aliphatic rings. The van der Waals surface area contributed by atoms with Crippen LogP contribution in [-0.2, 0) is 12.6 Å². The highest BCUT2D eigenvalue weighted by Gasteiger charge is 2.34. The highest BCUT2D eigenvalue weighted by molar-refractivity contribution is 9.10. The Morgan fingerprint density at radius 3 is 2.32 bits per heavy atom. The van der Waals surface area contributed by atoms with E-state index in [1.165, 1.54) is 36.4 Å². The van der Waals surface area contributed by atoms with Crippen molar-refractivity contribution < 1.29 is 22.4 Å². The highest BCUT2D eigenvalue weighted by atomic mass is 79.9. The summed E-state index contributed by atoms with van der Waals surface area (Å²) in [6.07, 6.45) is -3.85. The lowest BCUT2D eigenvalue weighted by molar-refractivity contribution is -0.137. The van der Waals surface area contributed by atoms with Gasteiger partial charge < -0.3 is 10.2 Å². The monoisotopic (exact) mass is 492 g/mol. The van der Waals surface area contributed by atoms with E-state index < -0.39 is 29.6 Å². The molecule has 0 radical (unpaired) electrons. The number of alkyl halides is 3. The first-order valence-corrected chi connectivity index (χ1v) is 10.3. The quantitative estimate of drug-likeness (QED) is 0.392. The van der Waals surface area contributed by atoms with Crippen LogP contribution in [-0.4, -0.2) is 17.5 Å². The van der Waals surface area contributed by atoms with E-state index in [9.17, 15) is 22.4 Å². The van der Waals surface area contributed by atoms with Gasteiger partial charge in [0, 0.05) is 16.7 Å². The molecule has 31 heavy (non-hydrogen) atoms. The number of hydrogen-bond donors (Lipinski definition) is 1. The molecule has 3 nitrogen and oxygen atoms in total. The molecule has 0 bridgehead atoms. The second kappa shape index (κ2) is 8.34. The van der Waals surface area contributed by atoms with Gasteiger partial charge in [-0.05, 0) is 65.6 Å². The first kappa shape index (κ1) is 21.4. The Bertz CT molecular complexity index is 1100. The molecule has 1 heterocycles. The molecule has 3 aromatic carbocycles. The van der Waals surface area contributed by atoms with Crippen molar-refractivity contribution >= 4 is 27.6 Å². The van der Waals surface area contributed by atoms with E-state index >= 15 is 0 Å². The van der Waals surface area contributed by atoms with Crippen molar-refractivity contribution in [2.75, 3.05) is 11.9 Å². The number of amides is 2. The van der Waals surface area contributed by atoms with Crippen LogP contribution < -0.4 is 5.32 Å². The summed E-state index contributed by atoms with van der Waals surface area (Å²) in [5.41, 5.74) is 2.11. The zero-order valence-corrected chi connectivity index (χ0v) is 17.7. The largest absolute Gasteiger partial charge is 0.416 e. The average molecular weight is 493 g/mol. The van der Waals surface area contributed by atoms with Crippen LogP contribution in [0.5, 0.6) is 0 Å². The number of hydrogen-bond acceptors (Lipinski definition) is 1. The Kier molecular flexibility index (Phi) is 5.75. The molecule has 0 aliphatic carbocycles. The molecule has 8 heteroatoms. The molecule has 4 rings (SSSR count). The zero-order chi connectivity index (χ0) is 22.2. The highest BCUT2D eigenvalue weighted by Crippen LogP contribution is 2.39. The molecule has 0 saturated carbocycles. The van der Waals surface area contributed by atoms with E-state index in [0.29, 0.717) is 24.2 Å². The number of carbonyl (C=O) groups excluding carboxylic acids is 1. The average Bonchev–Trinajstić information content (AvgIpc) is 2.74. The van der Waals surface area contributed by atoms with Crippen molar-refractivity contribution in [2.45, 2.75) is 18.6 Å². The molecule has 1 N–H and O–H groups in total. The van der Waals surface area contributed by atoms with Gasteiger partial charge in [0.2, 0.25) is 0 Å². The standard InChI is InChI=1S/C23H17BrF4N2O/c24-20-3-1-2-19-18(20)12-13-30(22(31)29-17-10-8-16(25)9-11-17)21(19)14-4-6-15(7-5-14)23(26,27)28/h1-11,21H,12-13H2,(H,29,31). The van der Waals surface area contributed by atoms with Gasteiger partial charge in [-0.2, -0.15) is 13.2 Å². The van der Waals surface area contributed by atoms with E-state index in [0.717, 1.165) is 27.7 Å². The van der Waals surface area contributed by atoms with Crippen LogP contribution in [0.2, 0.25) is 0 Å². The number of rotatable bonds is 2. The molecule has 0 aromatic heterocycles. The summed E-state index contributed by atoms with van der Waals surface area (Å²) < 4.78 is 53.1. The number of nitrogens with one attached hydrogen (secondary N) is 1. The predicted molar refractivity (Wildman–Crippen MR) is 113 cm³/mol. The van der Waals surface area contributed by atoms with E-state index in [1.54, 1.807) is 4.90 Å². The van der Waals surface area contributed by atoms with E-state index in [1.807, 2.05) is 18.2 Å². The van der Waals surface area contributed by atoms with Crippen LogP contribution in [0.25, 0.3) is 0 Å². The van der Waals surface area contributed by atoms with Gasteiger partial charge in [-0.25, -0.2) is 9.18 Å². The van der Waals surface area contributed by atoms with Gasteiger partial charge in [0.25, 0.3) is 0 Å². The minimum Gasteiger partial charge on any atom is -0.313 e. The fraction of sp³-hybridized carbons (Fsp3) is 0.174.